The molecule has 0 radical (unpaired) electrons. The smallest absolute Gasteiger partial charge is 0.166 e. The van der Waals surface area contributed by atoms with Crippen LogP contribution in [0.1, 0.15) is 57.7 Å². The maximum Gasteiger partial charge on any atom is 0.166 e. The SMILES string of the molecule is C=C(c1cccc(N=C(N)C(N)=NCc2ccccc2)c1O)N(C)Cc1ccccc1.CC(C)C.CCC. The summed E-state index contributed by atoms with van der Waals surface area (Å²) in [4.78, 5) is 10.5. The minimum Gasteiger partial charge on any atom is -0.505 e. The van der Waals surface area contributed by atoms with Crippen LogP contribution in [-0.2, 0) is 13.1 Å². The van der Waals surface area contributed by atoms with Gasteiger partial charge in [-0.2, -0.15) is 0 Å². The van der Waals surface area contributed by atoms with E-state index in [9.17, 15) is 5.11 Å². The molecule has 6 nitrogen and oxygen atoms in total. The molecule has 0 heterocycles. The molecule has 6 heteroatoms. The van der Waals surface area contributed by atoms with E-state index in [2.05, 4.69) is 51.2 Å². The van der Waals surface area contributed by atoms with E-state index < -0.39 is 0 Å². The van der Waals surface area contributed by atoms with E-state index in [1.54, 1.807) is 18.2 Å². The molecular weight excluding hydrogens is 470 g/mol. The van der Waals surface area contributed by atoms with Crippen LogP contribution in [0.25, 0.3) is 5.70 Å². The Kier molecular flexibility index (Phi) is 14.6. The number of para-hydroxylation sites is 1. The predicted molar refractivity (Wildman–Crippen MR) is 165 cm³/mol. The van der Waals surface area contributed by atoms with Gasteiger partial charge in [-0.05, 0) is 29.2 Å². The minimum absolute atomic E-state index is 0.00813. The first-order valence-corrected chi connectivity index (χ1v) is 13.0. The molecule has 3 aromatic rings. The van der Waals surface area contributed by atoms with Crippen LogP contribution in [0.15, 0.2) is 95.4 Å². The summed E-state index contributed by atoms with van der Waals surface area (Å²) in [6.07, 6.45) is 1.25. The van der Waals surface area contributed by atoms with E-state index in [1.807, 2.05) is 72.6 Å². The van der Waals surface area contributed by atoms with Gasteiger partial charge in [0.1, 0.15) is 5.69 Å². The molecule has 0 unspecified atom stereocenters. The van der Waals surface area contributed by atoms with Crippen LogP contribution in [0.5, 0.6) is 5.75 Å². The number of amidine groups is 2. The fraction of sp³-hybridized carbons (Fsp3) is 0.312. The molecule has 0 aliphatic rings. The van der Waals surface area contributed by atoms with Crippen molar-refractivity contribution in [3.05, 3.63) is 102 Å². The second-order valence-electron chi connectivity index (χ2n) is 9.58. The number of benzene rings is 3. The minimum atomic E-state index is -0.00813. The summed E-state index contributed by atoms with van der Waals surface area (Å²) in [6.45, 7) is 15.9. The van der Waals surface area contributed by atoms with Crippen molar-refractivity contribution in [1.82, 2.24) is 4.90 Å². The predicted octanol–water partition coefficient (Wildman–Crippen LogP) is 7.12. The lowest BCUT2D eigenvalue weighted by atomic mass is 10.1. The average molecular weight is 516 g/mol. The van der Waals surface area contributed by atoms with Crippen LogP contribution in [0.4, 0.5) is 5.69 Å². The molecule has 3 rings (SSSR count). The van der Waals surface area contributed by atoms with Crippen molar-refractivity contribution in [3.63, 3.8) is 0 Å². The van der Waals surface area contributed by atoms with Crippen molar-refractivity contribution in [3.8, 4) is 5.75 Å². The van der Waals surface area contributed by atoms with Gasteiger partial charge in [0.25, 0.3) is 0 Å². The largest absolute Gasteiger partial charge is 0.505 e. The van der Waals surface area contributed by atoms with Crippen LogP contribution >= 0.6 is 0 Å². The van der Waals surface area contributed by atoms with Gasteiger partial charge >= 0.3 is 0 Å². The molecule has 0 aliphatic carbocycles. The van der Waals surface area contributed by atoms with E-state index in [-0.39, 0.29) is 17.4 Å². The molecule has 5 N–H and O–H groups in total. The van der Waals surface area contributed by atoms with Crippen LogP contribution < -0.4 is 11.5 Å². The third-order valence-electron chi connectivity index (χ3n) is 4.83. The fourth-order valence-corrected chi connectivity index (χ4v) is 3.04. The topological polar surface area (TPSA) is 100 Å². The summed E-state index contributed by atoms with van der Waals surface area (Å²) in [5.74, 6) is 0.992. The maximum atomic E-state index is 10.8. The van der Waals surface area contributed by atoms with E-state index in [4.69, 9.17) is 11.5 Å². The van der Waals surface area contributed by atoms with Crippen molar-refractivity contribution < 1.29 is 5.11 Å². The Bertz CT molecular complexity index is 1150. The Labute approximate surface area is 229 Å². The Morgan fingerprint density at radius 1 is 0.842 bits per heavy atom. The van der Waals surface area contributed by atoms with Gasteiger partial charge in [0.15, 0.2) is 17.4 Å². The molecule has 0 saturated heterocycles. The Balaban J connectivity index is 0.000000923. The highest BCUT2D eigenvalue weighted by atomic mass is 16.3. The highest BCUT2D eigenvalue weighted by molar-refractivity contribution is 6.39. The quantitative estimate of drug-likeness (QED) is 0.230. The molecule has 0 atom stereocenters. The molecule has 0 amide bonds. The number of nitrogens with two attached hydrogens (primary N) is 2. The van der Waals surface area contributed by atoms with E-state index in [0.29, 0.717) is 30.0 Å². The van der Waals surface area contributed by atoms with E-state index in [1.165, 1.54) is 6.42 Å². The third kappa shape index (κ3) is 11.8. The standard InChI is InChI=1S/C25H27N5O.C4H10.C3H8/c1-18(30(2)17-20-12-7-4-8-13-20)21-14-9-15-22(23(21)31)29-25(27)24(26)28-16-19-10-5-3-6-11-19;1-4(2)3;1-3-2/h3-15,31H,1,16-17H2,2H3,(H2,26,28)(H2,27,29);4H,1-3H3;3H2,1-2H3. The molecule has 3 aromatic carbocycles. The first-order valence-electron chi connectivity index (χ1n) is 13.0. The lowest BCUT2D eigenvalue weighted by Crippen LogP contribution is -2.31. The molecule has 0 spiro atoms. The monoisotopic (exact) mass is 515 g/mol. The molecule has 0 aliphatic heterocycles. The van der Waals surface area contributed by atoms with Gasteiger partial charge in [-0.25, -0.2) is 4.99 Å². The molecule has 38 heavy (non-hydrogen) atoms. The van der Waals surface area contributed by atoms with Gasteiger partial charge in [-0.1, -0.05) is 114 Å². The summed E-state index contributed by atoms with van der Waals surface area (Å²) < 4.78 is 0. The molecule has 204 valence electrons. The first kappa shape index (κ1) is 32.0. The number of hydrogen-bond acceptors (Lipinski definition) is 4. The fourth-order valence-electron chi connectivity index (χ4n) is 3.04. The summed E-state index contributed by atoms with van der Waals surface area (Å²) in [6, 6.07) is 25.0. The van der Waals surface area contributed by atoms with E-state index in [0.717, 1.165) is 17.0 Å². The molecule has 0 aromatic heterocycles. The highest BCUT2D eigenvalue weighted by Gasteiger charge is 2.14. The van der Waals surface area contributed by atoms with Crippen molar-refractivity contribution in [2.45, 2.75) is 54.1 Å². The van der Waals surface area contributed by atoms with Gasteiger partial charge in [0, 0.05) is 24.9 Å². The zero-order chi connectivity index (χ0) is 28.5. The van der Waals surface area contributed by atoms with Gasteiger partial charge in [-0.3, -0.25) is 4.99 Å². The van der Waals surface area contributed by atoms with Gasteiger partial charge in [0.2, 0.25) is 0 Å². The number of hydrogen-bond donors (Lipinski definition) is 3. The maximum absolute atomic E-state index is 10.8. The number of aromatic hydroxyl groups is 1. The van der Waals surface area contributed by atoms with Gasteiger partial charge in [0.05, 0.1) is 6.54 Å². The van der Waals surface area contributed by atoms with Crippen LogP contribution in [0, 0.1) is 5.92 Å². The second-order valence-corrected chi connectivity index (χ2v) is 9.58. The highest BCUT2D eigenvalue weighted by Crippen LogP contribution is 2.35. The molecule has 0 bridgehead atoms. The van der Waals surface area contributed by atoms with Crippen LogP contribution in [0.3, 0.4) is 0 Å². The summed E-state index contributed by atoms with van der Waals surface area (Å²) in [5.41, 5.74) is 15.7. The number of aliphatic imine (C=N–C) groups is 2. The lowest BCUT2D eigenvalue weighted by molar-refractivity contribution is 0.455. The zero-order valence-corrected chi connectivity index (χ0v) is 23.9. The van der Waals surface area contributed by atoms with Crippen molar-refractivity contribution in [2.75, 3.05) is 7.05 Å². The van der Waals surface area contributed by atoms with Crippen LogP contribution in [0.2, 0.25) is 0 Å². The van der Waals surface area contributed by atoms with Crippen molar-refractivity contribution >= 4 is 23.1 Å². The van der Waals surface area contributed by atoms with Gasteiger partial charge < -0.3 is 21.5 Å². The third-order valence-corrected chi connectivity index (χ3v) is 4.83. The molecular formula is C32H45N5O. The number of rotatable bonds is 7. The Morgan fingerprint density at radius 3 is 1.87 bits per heavy atom. The number of phenolic OH excluding ortho intramolecular Hbond substituents is 1. The average Bonchev–Trinajstić information content (AvgIpc) is 2.89. The normalized spacial score (nSPS) is 11.1. The van der Waals surface area contributed by atoms with Crippen molar-refractivity contribution in [1.29, 1.82) is 0 Å². The Morgan fingerprint density at radius 2 is 1.34 bits per heavy atom. The summed E-state index contributed by atoms with van der Waals surface area (Å²) in [7, 11) is 1.92. The Hall–Kier alpha value is -4.06. The van der Waals surface area contributed by atoms with Crippen LogP contribution in [-0.4, -0.2) is 28.7 Å². The van der Waals surface area contributed by atoms with Crippen molar-refractivity contribution in [2.24, 2.45) is 27.4 Å². The molecule has 0 saturated carbocycles. The summed E-state index contributed by atoms with van der Waals surface area (Å²) in [5, 5.41) is 10.8. The first-order chi connectivity index (χ1) is 18.1. The second kappa shape index (κ2) is 17.4. The summed E-state index contributed by atoms with van der Waals surface area (Å²) >= 11 is 0. The van der Waals surface area contributed by atoms with Gasteiger partial charge in [-0.15, -0.1) is 0 Å². The van der Waals surface area contributed by atoms with E-state index >= 15 is 0 Å². The molecule has 0 fully saturated rings. The lowest BCUT2D eigenvalue weighted by Gasteiger charge is -2.23. The number of nitrogens with zero attached hydrogens (tertiary/aromatic N) is 3. The number of phenols is 1. The zero-order valence-electron chi connectivity index (χ0n) is 23.9.